The summed E-state index contributed by atoms with van der Waals surface area (Å²) in [6.45, 7) is 3.13. The number of hydrogen-bond acceptors (Lipinski definition) is 4. The predicted molar refractivity (Wildman–Crippen MR) is 56.9 cm³/mol. The number of nitrogens with one attached hydrogen (secondary N) is 1. The molecule has 0 aromatic carbocycles. The molecule has 1 saturated heterocycles. The van der Waals surface area contributed by atoms with Crippen molar-refractivity contribution in [1.82, 2.24) is 15.2 Å². The van der Waals surface area contributed by atoms with Crippen LogP contribution in [0.3, 0.4) is 0 Å². The van der Waals surface area contributed by atoms with Crippen LogP contribution in [0, 0.1) is 0 Å². The summed E-state index contributed by atoms with van der Waals surface area (Å²) >= 11 is 0. The van der Waals surface area contributed by atoms with Gasteiger partial charge < -0.3 is 11.1 Å². The minimum Gasteiger partial charge on any atom is -0.384 e. The van der Waals surface area contributed by atoms with Crippen molar-refractivity contribution >= 4 is 5.82 Å². The lowest BCUT2D eigenvalue weighted by atomic mass is 10.1. The number of pyridine rings is 1. The highest BCUT2D eigenvalue weighted by atomic mass is 15.2. The van der Waals surface area contributed by atoms with Crippen LogP contribution in [0.25, 0.3) is 0 Å². The second kappa shape index (κ2) is 3.94. The molecule has 0 radical (unpaired) electrons. The van der Waals surface area contributed by atoms with Crippen molar-refractivity contribution in [2.45, 2.75) is 6.04 Å². The van der Waals surface area contributed by atoms with E-state index in [1.807, 2.05) is 12.3 Å². The molecule has 2 rings (SSSR count). The molecule has 1 fully saturated rings. The van der Waals surface area contributed by atoms with Gasteiger partial charge in [-0.25, -0.2) is 4.98 Å². The highest BCUT2D eigenvalue weighted by Crippen LogP contribution is 2.19. The molecule has 1 aromatic heterocycles. The van der Waals surface area contributed by atoms with Crippen LogP contribution in [0.5, 0.6) is 0 Å². The summed E-state index contributed by atoms with van der Waals surface area (Å²) in [5, 5.41) is 3.38. The zero-order valence-electron chi connectivity index (χ0n) is 8.40. The summed E-state index contributed by atoms with van der Waals surface area (Å²) < 4.78 is 0. The summed E-state index contributed by atoms with van der Waals surface area (Å²) in [6, 6.07) is 4.34. The van der Waals surface area contributed by atoms with Crippen LogP contribution in [-0.4, -0.2) is 36.6 Å². The molecule has 1 aliphatic rings. The predicted octanol–water partition coefficient (Wildman–Crippen LogP) is 0.240. The maximum absolute atomic E-state index is 5.55. The molecule has 2 heterocycles. The molecular weight excluding hydrogens is 176 g/mol. The number of anilines is 1. The van der Waals surface area contributed by atoms with Crippen LogP contribution in [0.2, 0.25) is 0 Å². The molecular formula is C10H16N4. The molecule has 4 nitrogen and oxygen atoms in total. The normalized spacial score (nSPS) is 23.6. The van der Waals surface area contributed by atoms with Gasteiger partial charge in [-0.15, -0.1) is 0 Å². The van der Waals surface area contributed by atoms with Crippen molar-refractivity contribution in [2.75, 3.05) is 32.4 Å². The average Bonchev–Trinajstić information content (AvgIpc) is 2.20. The summed E-state index contributed by atoms with van der Waals surface area (Å²) in [5.41, 5.74) is 6.78. The first-order chi connectivity index (χ1) is 6.77. The smallest absolute Gasteiger partial charge is 0.123 e. The van der Waals surface area contributed by atoms with Crippen LogP contribution >= 0.6 is 0 Å². The Bertz CT molecular complexity index is 295. The first-order valence-electron chi connectivity index (χ1n) is 4.90. The number of hydrogen-bond donors (Lipinski definition) is 2. The van der Waals surface area contributed by atoms with Gasteiger partial charge in [-0.2, -0.15) is 0 Å². The van der Waals surface area contributed by atoms with E-state index in [1.54, 1.807) is 0 Å². The van der Waals surface area contributed by atoms with Crippen molar-refractivity contribution in [1.29, 1.82) is 0 Å². The fourth-order valence-corrected chi connectivity index (χ4v) is 1.79. The fourth-order valence-electron chi connectivity index (χ4n) is 1.79. The zero-order chi connectivity index (χ0) is 9.97. The number of nitrogens with zero attached hydrogens (tertiary/aromatic N) is 2. The topological polar surface area (TPSA) is 54.2 Å². The number of piperazine rings is 1. The third-order valence-corrected chi connectivity index (χ3v) is 2.71. The maximum Gasteiger partial charge on any atom is 0.123 e. The van der Waals surface area contributed by atoms with Gasteiger partial charge in [0, 0.05) is 31.9 Å². The Morgan fingerprint density at radius 1 is 1.57 bits per heavy atom. The highest BCUT2D eigenvalue weighted by Gasteiger charge is 2.20. The average molecular weight is 192 g/mol. The molecule has 0 spiro atoms. The quantitative estimate of drug-likeness (QED) is 0.669. The van der Waals surface area contributed by atoms with Crippen LogP contribution in [0.1, 0.15) is 11.6 Å². The molecule has 14 heavy (non-hydrogen) atoms. The van der Waals surface area contributed by atoms with Crippen molar-refractivity contribution in [2.24, 2.45) is 0 Å². The van der Waals surface area contributed by atoms with Gasteiger partial charge in [0.2, 0.25) is 0 Å². The van der Waals surface area contributed by atoms with E-state index >= 15 is 0 Å². The number of likely N-dealkylation sites (N-methyl/N-ethyl adjacent to an activating group) is 1. The Morgan fingerprint density at radius 2 is 2.43 bits per heavy atom. The van der Waals surface area contributed by atoms with Crippen molar-refractivity contribution in [3.8, 4) is 0 Å². The van der Waals surface area contributed by atoms with E-state index in [0.29, 0.717) is 11.9 Å². The van der Waals surface area contributed by atoms with Crippen LogP contribution in [0.4, 0.5) is 5.82 Å². The second-order valence-corrected chi connectivity index (χ2v) is 3.72. The minimum absolute atomic E-state index is 0.428. The minimum atomic E-state index is 0.428. The van der Waals surface area contributed by atoms with Crippen LogP contribution in [0.15, 0.2) is 18.3 Å². The Morgan fingerprint density at radius 3 is 3.07 bits per heavy atom. The summed E-state index contributed by atoms with van der Waals surface area (Å²) in [4.78, 5) is 6.45. The van der Waals surface area contributed by atoms with Crippen molar-refractivity contribution < 1.29 is 0 Å². The lowest BCUT2D eigenvalue weighted by Crippen LogP contribution is -2.43. The molecule has 76 valence electrons. The van der Waals surface area contributed by atoms with E-state index in [-0.39, 0.29) is 0 Å². The highest BCUT2D eigenvalue weighted by molar-refractivity contribution is 5.30. The first kappa shape index (κ1) is 9.43. The molecule has 0 amide bonds. The van der Waals surface area contributed by atoms with E-state index in [4.69, 9.17) is 5.73 Å². The van der Waals surface area contributed by atoms with E-state index in [9.17, 15) is 0 Å². The van der Waals surface area contributed by atoms with Gasteiger partial charge in [-0.3, -0.25) is 4.90 Å². The number of nitrogen functional groups attached to an aromatic ring is 1. The van der Waals surface area contributed by atoms with Crippen LogP contribution < -0.4 is 11.1 Å². The molecule has 0 bridgehead atoms. The molecule has 1 unspecified atom stereocenters. The monoisotopic (exact) mass is 192 g/mol. The summed E-state index contributed by atoms with van der Waals surface area (Å²) in [7, 11) is 2.14. The summed E-state index contributed by atoms with van der Waals surface area (Å²) in [5.74, 6) is 0.583. The second-order valence-electron chi connectivity index (χ2n) is 3.72. The Labute approximate surface area is 84.1 Å². The Kier molecular flexibility index (Phi) is 2.65. The molecule has 0 aliphatic carbocycles. The molecule has 3 N–H and O–H groups in total. The van der Waals surface area contributed by atoms with Gasteiger partial charge in [0.15, 0.2) is 0 Å². The van der Waals surface area contributed by atoms with E-state index in [0.717, 1.165) is 19.6 Å². The van der Waals surface area contributed by atoms with Gasteiger partial charge in [0.1, 0.15) is 5.82 Å². The number of rotatable bonds is 1. The number of aromatic nitrogens is 1. The maximum atomic E-state index is 5.55. The first-order valence-corrected chi connectivity index (χ1v) is 4.90. The van der Waals surface area contributed by atoms with Crippen molar-refractivity contribution in [3.05, 3.63) is 23.9 Å². The fraction of sp³-hybridized carbons (Fsp3) is 0.500. The van der Waals surface area contributed by atoms with Gasteiger partial charge >= 0.3 is 0 Å². The zero-order valence-corrected chi connectivity index (χ0v) is 8.40. The number of nitrogens with two attached hydrogens (primary N) is 1. The molecule has 0 saturated carbocycles. The Balaban J connectivity index is 2.16. The standard InChI is InChI=1S/C10H16N4/c1-14-5-4-12-7-9(14)8-2-3-10(11)13-6-8/h2-3,6,9,12H,4-5,7H2,1H3,(H2,11,13). The van der Waals surface area contributed by atoms with Gasteiger partial charge in [-0.1, -0.05) is 6.07 Å². The molecule has 1 aliphatic heterocycles. The SMILES string of the molecule is CN1CCNCC1c1ccc(N)nc1. The van der Waals surface area contributed by atoms with Gasteiger partial charge in [-0.05, 0) is 18.7 Å². The van der Waals surface area contributed by atoms with E-state index in [1.165, 1.54) is 5.56 Å². The Hall–Kier alpha value is -1.13. The molecule has 4 heteroatoms. The van der Waals surface area contributed by atoms with Gasteiger partial charge in [0.05, 0.1) is 0 Å². The van der Waals surface area contributed by atoms with Gasteiger partial charge in [0.25, 0.3) is 0 Å². The molecule has 1 aromatic rings. The lowest BCUT2D eigenvalue weighted by molar-refractivity contribution is 0.202. The van der Waals surface area contributed by atoms with Crippen LogP contribution in [-0.2, 0) is 0 Å². The van der Waals surface area contributed by atoms with E-state index < -0.39 is 0 Å². The van der Waals surface area contributed by atoms with E-state index in [2.05, 4.69) is 28.3 Å². The molecule has 1 atom stereocenters. The van der Waals surface area contributed by atoms with Crippen molar-refractivity contribution in [3.63, 3.8) is 0 Å². The summed E-state index contributed by atoms with van der Waals surface area (Å²) in [6.07, 6.45) is 1.86. The lowest BCUT2D eigenvalue weighted by Gasteiger charge is -2.33. The third-order valence-electron chi connectivity index (χ3n) is 2.71. The largest absolute Gasteiger partial charge is 0.384 e. The third kappa shape index (κ3) is 1.86.